The third kappa shape index (κ3) is 4.92. The van der Waals surface area contributed by atoms with Gasteiger partial charge in [-0.15, -0.1) is 0 Å². The minimum absolute atomic E-state index is 0.0851. The number of anilines is 1. The maximum Gasteiger partial charge on any atom is 0.258 e. The second-order valence-corrected chi connectivity index (χ2v) is 7.99. The molecular weight excluding hydrogens is 400 g/mol. The van der Waals surface area contributed by atoms with Crippen molar-refractivity contribution in [3.63, 3.8) is 0 Å². The number of aromatic nitrogens is 2. The van der Waals surface area contributed by atoms with Gasteiger partial charge in [0.15, 0.2) is 0 Å². The number of carbonyl (C=O) groups is 1. The standard InChI is InChI=1S/C26H26N4O2/c1-18(2)30(16-24-27-23-15-9-7-13-21(23)26(32)29-24)17-25(31)28-22-14-8-6-12-20(22)19-10-4-3-5-11-19/h3-15,18H,16-17H2,1-2H3,(H,28,31)(H,27,29,32). The van der Waals surface area contributed by atoms with Gasteiger partial charge in [-0.3, -0.25) is 14.5 Å². The van der Waals surface area contributed by atoms with E-state index in [0.29, 0.717) is 23.3 Å². The van der Waals surface area contributed by atoms with Gasteiger partial charge < -0.3 is 10.3 Å². The molecule has 4 aromatic rings. The van der Waals surface area contributed by atoms with Gasteiger partial charge in [0.05, 0.1) is 24.0 Å². The Kier molecular flexibility index (Phi) is 6.42. The average Bonchev–Trinajstić information content (AvgIpc) is 2.79. The van der Waals surface area contributed by atoms with Gasteiger partial charge in [0.2, 0.25) is 5.91 Å². The van der Waals surface area contributed by atoms with Crippen LogP contribution in [-0.4, -0.2) is 33.4 Å². The average molecular weight is 427 g/mol. The smallest absolute Gasteiger partial charge is 0.258 e. The summed E-state index contributed by atoms with van der Waals surface area (Å²) < 4.78 is 0. The third-order valence-electron chi connectivity index (χ3n) is 5.38. The van der Waals surface area contributed by atoms with Crippen LogP contribution < -0.4 is 10.9 Å². The summed E-state index contributed by atoms with van der Waals surface area (Å²) in [4.78, 5) is 34.7. The zero-order chi connectivity index (χ0) is 22.5. The van der Waals surface area contributed by atoms with E-state index in [1.54, 1.807) is 6.07 Å². The minimum Gasteiger partial charge on any atom is -0.324 e. The first-order valence-electron chi connectivity index (χ1n) is 10.7. The number of carbonyl (C=O) groups excluding carboxylic acids is 1. The molecule has 162 valence electrons. The van der Waals surface area contributed by atoms with Gasteiger partial charge in [-0.05, 0) is 37.6 Å². The number of benzene rings is 3. The Bertz CT molecular complexity index is 1280. The van der Waals surface area contributed by atoms with Crippen molar-refractivity contribution < 1.29 is 4.79 Å². The molecule has 1 aromatic heterocycles. The summed E-state index contributed by atoms with van der Waals surface area (Å²) in [5.74, 6) is 0.421. The molecule has 0 aliphatic heterocycles. The van der Waals surface area contributed by atoms with Gasteiger partial charge in [-0.2, -0.15) is 0 Å². The van der Waals surface area contributed by atoms with Crippen molar-refractivity contribution in [1.29, 1.82) is 0 Å². The van der Waals surface area contributed by atoms with E-state index in [1.165, 1.54) is 0 Å². The van der Waals surface area contributed by atoms with Crippen LogP contribution in [0, 0.1) is 0 Å². The number of aromatic amines is 1. The van der Waals surface area contributed by atoms with Crippen LogP contribution in [0.3, 0.4) is 0 Å². The molecule has 0 saturated carbocycles. The van der Waals surface area contributed by atoms with Crippen molar-refractivity contribution in [1.82, 2.24) is 14.9 Å². The Morgan fingerprint density at radius 1 is 0.969 bits per heavy atom. The Morgan fingerprint density at radius 2 is 1.66 bits per heavy atom. The molecule has 1 amide bonds. The molecule has 0 spiro atoms. The number of rotatable bonds is 7. The second kappa shape index (κ2) is 9.58. The lowest BCUT2D eigenvalue weighted by Gasteiger charge is -2.25. The molecule has 0 atom stereocenters. The van der Waals surface area contributed by atoms with Crippen molar-refractivity contribution in [3.05, 3.63) is 95.0 Å². The highest BCUT2D eigenvalue weighted by Crippen LogP contribution is 2.27. The summed E-state index contributed by atoms with van der Waals surface area (Å²) in [7, 11) is 0. The van der Waals surface area contributed by atoms with Gasteiger partial charge in [0.25, 0.3) is 5.56 Å². The number of para-hydroxylation sites is 2. The van der Waals surface area contributed by atoms with Crippen molar-refractivity contribution in [3.8, 4) is 11.1 Å². The minimum atomic E-state index is -0.171. The highest BCUT2D eigenvalue weighted by atomic mass is 16.2. The van der Waals surface area contributed by atoms with Crippen LogP contribution in [0.5, 0.6) is 0 Å². The summed E-state index contributed by atoms with van der Waals surface area (Å²) in [6.07, 6.45) is 0. The van der Waals surface area contributed by atoms with Crippen LogP contribution in [0.4, 0.5) is 5.69 Å². The van der Waals surface area contributed by atoms with E-state index in [1.807, 2.05) is 91.5 Å². The molecule has 0 bridgehead atoms. The van der Waals surface area contributed by atoms with Crippen LogP contribution in [0.2, 0.25) is 0 Å². The van der Waals surface area contributed by atoms with Gasteiger partial charge in [0.1, 0.15) is 5.82 Å². The zero-order valence-corrected chi connectivity index (χ0v) is 18.2. The van der Waals surface area contributed by atoms with Gasteiger partial charge in [-0.1, -0.05) is 60.7 Å². The Morgan fingerprint density at radius 3 is 2.44 bits per heavy atom. The Hall–Kier alpha value is -3.77. The van der Waals surface area contributed by atoms with Crippen LogP contribution in [0.25, 0.3) is 22.0 Å². The van der Waals surface area contributed by atoms with Crippen molar-refractivity contribution in [2.24, 2.45) is 0 Å². The van der Waals surface area contributed by atoms with E-state index in [0.717, 1.165) is 16.8 Å². The van der Waals surface area contributed by atoms with Crippen LogP contribution >= 0.6 is 0 Å². The lowest BCUT2D eigenvalue weighted by atomic mass is 10.0. The fraction of sp³-hybridized carbons (Fsp3) is 0.192. The molecule has 6 heteroatoms. The quantitative estimate of drug-likeness (QED) is 0.458. The Balaban J connectivity index is 1.51. The molecule has 0 unspecified atom stereocenters. The molecule has 0 fully saturated rings. The third-order valence-corrected chi connectivity index (χ3v) is 5.38. The number of nitrogens with one attached hydrogen (secondary N) is 2. The first-order chi connectivity index (χ1) is 15.5. The number of nitrogens with zero attached hydrogens (tertiary/aromatic N) is 2. The summed E-state index contributed by atoms with van der Waals surface area (Å²) in [5, 5.41) is 3.61. The lowest BCUT2D eigenvalue weighted by Crippen LogP contribution is -2.38. The van der Waals surface area contributed by atoms with Gasteiger partial charge in [-0.25, -0.2) is 4.98 Å². The van der Waals surface area contributed by atoms with Crippen molar-refractivity contribution in [2.45, 2.75) is 26.4 Å². The summed E-state index contributed by atoms with van der Waals surface area (Å²) in [6, 6.07) is 25.1. The molecule has 0 saturated heterocycles. The lowest BCUT2D eigenvalue weighted by molar-refractivity contribution is -0.117. The molecule has 0 radical (unpaired) electrons. The summed E-state index contributed by atoms with van der Waals surface area (Å²) >= 11 is 0. The maximum absolute atomic E-state index is 12.9. The molecule has 3 aromatic carbocycles. The normalized spacial score (nSPS) is 11.2. The number of amides is 1. The topological polar surface area (TPSA) is 78.1 Å². The predicted molar refractivity (Wildman–Crippen MR) is 128 cm³/mol. The van der Waals surface area contributed by atoms with Crippen molar-refractivity contribution >= 4 is 22.5 Å². The number of H-pyrrole nitrogens is 1. The number of fused-ring (bicyclic) bond motifs is 1. The first kappa shape index (κ1) is 21.5. The van der Waals surface area contributed by atoms with Gasteiger partial charge in [0, 0.05) is 17.3 Å². The maximum atomic E-state index is 12.9. The zero-order valence-electron chi connectivity index (χ0n) is 18.2. The summed E-state index contributed by atoms with van der Waals surface area (Å²) in [6.45, 7) is 4.58. The molecule has 4 rings (SSSR count). The molecule has 1 heterocycles. The second-order valence-electron chi connectivity index (χ2n) is 7.99. The van der Waals surface area contributed by atoms with E-state index < -0.39 is 0 Å². The van der Waals surface area contributed by atoms with Crippen LogP contribution in [-0.2, 0) is 11.3 Å². The largest absolute Gasteiger partial charge is 0.324 e. The molecule has 0 aliphatic carbocycles. The fourth-order valence-electron chi connectivity index (χ4n) is 3.66. The fourth-order valence-corrected chi connectivity index (χ4v) is 3.66. The van der Waals surface area contributed by atoms with E-state index in [-0.39, 0.29) is 24.1 Å². The predicted octanol–water partition coefficient (Wildman–Crippen LogP) is 4.44. The highest BCUT2D eigenvalue weighted by molar-refractivity contribution is 5.96. The molecule has 32 heavy (non-hydrogen) atoms. The van der Waals surface area contributed by atoms with E-state index in [4.69, 9.17) is 0 Å². The number of hydrogen-bond acceptors (Lipinski definition) is 4. The van der Waals surface area contributed by atoms with E-state index >= 15 is 0 Å². The van der Waals surface area contributed by atoms with E-state index in [9.17, 15) is 9.59 Å². The highest BCUT2D eigenvalue weighted by Gasteiger charge is 2.17. The van der Waals surface area contributed by atoms with Gasteiger partial charge >= 0.3 is 0 Å². The van der Waals surface area contributed by atoms with Crippen LogP contribution in [0.1, 0.15) is 19.7 Å². The summed E-state index contributed by atoms with van der Waals surface area (Å²) in [5.41, 5.74) is 3.26. The molecule has 6 nitrogen and oxygen atoms in total. The monoisotopic (exact) mass is 426 g/mol. The molecular formula is C26H26N4O2. The van der Waals surface area contributed by atoms with Crippen LogP contribution in [0.15, 0.2) is 83.7 Å². The SMILES string of the molecule is CC(C)N(CC(=O)Nc1ccccc1-c1ccccc1)Cc1nc2ccccc2c(=O)[nH]1. The first-order valence-corrected chi connectivity index (χ1v) is 10.7. The number of hydrogen-bond donors (Lipinski definition) is 2. The molecule has 2 N–H and O–H groups in total. The Labute approximate surface area is 186 Å². The molecule has 0 aliphatic rings. The van der Waals surface area contributed by atoms with Crippen molar-refractivity contribution in [2.75, 3.05) is 11.9 Å². The van der Waals surface area contributed by atoms with E-state index in [2.05, 4.69) is 15.3 Å².